The smallest absolute Gasteiger partial charge is 0.338 e. The van der Waals surface area contributed by atoms with Crippen LogP contribution in [-0.2, 0) is 19.6 Å². The maximum atomic E-state index is 13.5. The molecule has 11 heteroatoms. The van der Waals surface area contributed by atoms with Gasteiger partial charge in [-0.15, -0.1) is 0 Å². The van der Waals surface area contributed by atoms with Gasteiger partial charge in [0.05, 0.1) is 16.3 Å². The van der Waals surface area contributed by atoms with E-state index in [4.69, 9.17) is 16.3 Å². The summed E-state index contributed by atoms with van der Waals surface area (Å²) in [6.45, 7) is 2.94. The summed E-state index contributed by atoms with van der Waals surface area (Å²) in [6.07, 6.45) is 0. The Bertz CT molecular complexity index is 1060. The summed E-state index contributed by atoms with van der Waals surface area (Å²) in [5.74, 6) is -3.51. The molecule has 0 unspecified atom stereocenters. The molecule has 2 rings (SSSR count). The Kier molecular flexibility index (Phi) is 7.88. The number of halogens is 3. The number of benzene rings is 2. The molecule has 0 radical (unpaired) electrons. The lowest BCUT2D eigenvalue weighted by molar-refractivity contribution is -0.119. The van der Waals surface area contributed by atoms with Gasteiger partial charge in [-0.05, 0) is 30.3 Å². The van der Waals surface area contributed by atoms with E-state index >= 15 is 0 Å². The molecular formula is C19H19ClF2N2O5S. The van der Waals surface area contributed by atoms with Gasteiger partial charge in [-0.2, -0.15) is 4.31 Å². The normalized spacial score (nSPS) is 11.4. The predicted octanol–water partition coefficient (Wildman–Crippen LogP) is 3.44. The first kappa shape index (κ1) is 23.7. The van der Waals surface area contributed by atoms with Crippen molar-refractivity contribution in [3.8, 4) is 0 Å². The molecule has 0 aliphatic rings. The lowest BCUT2D eigenvalue weighted by Crippen LogP contribution is -2.31. The number of amides is 1. The number of esters is 1. The highest BCUT2D eigenvalue weighted by atomic mass is 35.5. The standard InChI is InChI=1S/C19H19ClF2N2O5S/c1-3-24(4-2)30(27,28)17-9-12(5-7-14(17)20)19(26)29-11-18(25)23-16-10-13(21)6-8-15(16)22/h5-10H,3-4,11H2,1-2H3,(H,23,25). The Balaban J connectivity index is 2.12. The molecule has 0 aromatic heterocycles. The Morgan fingerprint density at radius 3 is 2.40 bits per heavy atom. The summed E-state index contributed by atoms with van der Waals surface area (Å²) in [6, 6.07) is 6.03. The second kappa shape index (κ2) is 9.96. The molecule has 2 aromatic carbocycles. The lowest BCUT2D eigenvalue weighted by Gasteiger charge is -2.19. The van der Waals surface area contributed by atoms with Crippen molar-refractivity contribution in [3.63, 3.8) is 0 Å². The minimum absolute atomic E-state index is 0.0715. The maximum Gasteiger partial charge on any atom is 0.338 e. The van der Waals surface area contributed by atoms with Crippen LogP contribution in [-0.4, -0.2) is 44.3 Å². The zero-order valence-electron chi connectivity index (χ0n) is 16.1. The van der Waals surface area contributed by atoms with Crippen LogP contribution >= 0.6 is 11.6 Å². The van der Waals surface area contributed by atoms with Gasteiger partial charge in [-0.25, -0.2) is 22.0 Å². The monoisotopic (exact) mass is 460 g/mol. The van der Waals surface area contributed by atoms with Crippen LogP contribution in [0.1, 0.15) is 24.2 Å². The molecule has 162 valence electrons. The van der Waals surface area contributed by atoms with Gasteiger partial charge in [0.25, 0.3) is 5.91 Å². The SMILES string of the molecule is CCN(CC)S(=O)(=O)c1cc(C(=O)OCC(=O)Nc2cc(F)ccc2F)ccc1Cl. The number of carbonyl (C=O) groups excluding carboxylic acids is 2. The van der Waals surface area contributed by atoms with E-state index < -0.39 is 45.8 Å². The van der Waals surface area contributed by atoms with Crippen molar-refractivity contribution in [2.24, 2.45) is 0 Å². The van der Waals surface area contributed by atoms with Crippen LogP contribution in [0, 0.1) is 11.6 Å². The molecule has 0 aliphatic heterocycles. The van der Waals surface area contributed by atoms with Crippen LogP contribution in [0.4, 0.5) is 14.5 Å². The van der Waals surface area contributed by atoms with Gasteiger partial charge in [0.1, 0.15) is 16.5 Å². The predicted molar refractivity (Wildman–Crippen MR) is 107 cm³/mol. The second-order valence-electron chi connectivity index (χ2n) is 5.98. The zero-order chi connectivity index (χ0) is 22.5. The van der Waals surface area contributed by atoms with Crippen molar-refractivity contribution < 1.29 is 31.5 Å². The van der Waals surface area contributed by atoms with Crippen molar-refractivity contribution >= 4 is 39.2 Å². The van der Waals surface area contributed by atoms with Crippen LogP contribution in [0.3, 0.4) is 0 Å². The molecule has 0 saturated carbocycles. The first-order valence-corrected chi connectivity index (χ1v) is 10.6. The fourth-order valence-corrected chi connectivity index (χ4v) is 4.48. The number of rotatable bonds is 8. The number of carbonyl (C=O) groups is 2. The molecule has 0 spiro atoms. The summed E-state index contributed by atoms with van der Waals surface area (Å²) in [5.41, 5.74) is -0.551. The van der Waals surface area contributed by atoms with Crippen LogP contribution in [0.5, 0.6) is 0 Å². The number of anilines is 1. The fourth-order valence-electron chi connectivity index (χ4n) is 2.52. The van der Waals surface area contributed by atoms with E-state index in [1.807, 2.05) is 0 Å². The highest BCUT2D eigenvalue weighted by Gasteiger charge is 2.26. The van der Waals surface area contributed by atoms with Gasteiger partial charge >= 0.3 is 5.97 Å². The average Bonchev–Trinajstić information content (AvgIpc) is 2.69. The summed E-state index contributed by atoms with van der Waals surface area (Å²) in [5, 5.41) is 2.01. The first-order chi connectivity index (χ1) is 14.1. The minimum Gasteiger partial charge on any atom is -0.452 e. The molecular weight excluding hydrogens is 442 g/mol. The number of hydrogen-bond donors (Lipinski definition) is 1. The number of sulfonamides is 1. The van der Waals surface area contributed by atoms with Gasteiger partial charge in [0.2, 0.25) is 10.0 Å². The van der Waals surface area contributed by atoms with E-state index in [9.17, 15) is 26.8 Å². The fraction of sp³-hybridized carbons (Fsp3) is 0.263. The topological polar surface area (TPSA) is 92.8 Å². The van der Waals surface area contributed by atoms with Crippen molar-refractivity contribution in [2.75, 3.05) is 25.0 Å². The minimum atomic E-state index is -3.93. The zero-order valence-corrected chi connectivity index (χ0v) is 17.7. The lowest BCUT2D eigenvalue weighted by atomic mass is 10.2. The number of ether oxygens (including phenoxy) is 1. The third kappa shape index (κ3) is 5.53. The second-order valence-corrected chi connectivity index (χ2v) is 8.30. The van der Waals surface area contributed by atoms with E-state index in [0.29, 0.717) is 0 Å². The molecule has 30 heavy (non-hydrogen) atoms. The third-order valence-corrected chi connectivity index (χ3v) is 6.56. The molecule has 7 nitrogen and oxygen atoms in total. The van der Waals surface area contributed by atoms with E-state index in [-0.39, 0.29) is 28.6 Å². The number of nitrogens with zero attached hydrogens (tertiary/aromatic N) is 1. The van der Waals surface area contributed by atoms with Gasteiger partial charge < -0.3 is 10.1 Å². The molecule has 0 saturated heterocycles. The molecule has 0 heterocycles. The largest absolute Gasteiger partial charge is 0.452 e. The average molecular weight is 461 g/mol. The van der Waals surface area contributed by atoms with Crippen LogP contribution in [0.15, 0.2) is 41.3 Å². The molecule has 1 amide bonds. The molecule has 0 bridgehead atoms. The van der Waals surface area contributed by atoms with E-state index in [0.717, 1.165) is 24.3 Å². The summed E-state index contributed by atoms with van der Waals surface area (Å²) in [4.78, 5) is 23.8. The van der Waals surface area contributed by atoms with Crippen LogP contribution in [0.25, 0.3) is 0 Å². The Morgan fingerprint density at radius 1 is 1.10 bits per heavy atom. The van der Waals surface area contributed by atoms with E-state index in [1.54, 1.807) is 13.8 Å². The van der Waals surface area contributed by atoms with E-state index in [1.165, 1.54) is 16.4 Å². The van der Waals surface area contributed by atoms with Gasteiger partial charge in [0.15, 0.2) is 6.61 Å². The molecule has 2 aromatic rings. The van der Waals surface area contributed by atoms with Gasteiger partial charge in [0, 0.05) is 19.2 Å². The van der Waals surface area contributed by atoms with Gasteiger partial charge in [-0.1, -0.05) is 25.4 Å². The summed E-state index contributed by atoms with van der Waals surface area (Å²) >= 11 is 6.00. The molecule has 1 N–H and O–H groups in total. The molecule has 0 fully saturated rings. The number of nitrogens with one attached hydrogen (secondary N) is 1. The summed E-state index contributed by atoms with van der Waals surface area (Å²) in [7, 11) is -3.93. The van der Waals surface area contributed by atoms with Gasteiger partial charge in [-0.3, -0.25) is 4.79 Å². The molecule has 0 atom stereocenters. The Morgan fingerprint density at radius 2 is 1.77 bits per heavy atom. The first-order valence-electron chi connectivity index (χ1n) is 8.81. The number of hydrogen-bond acceptors (Lipinski definition) is 5. The highest BCUT2D eigenvalue weighted by Crippen LogP contribution is 2.26. The van der Waals surface area contributed by atoms with Crippen molar-refractivity contribution in [1.82, 2.24) is 4.31 Å². The van der Waals surface area contributed by atoms with Crippen LogP contribution in [0.2, 0.25) is 5.02 Å². The van der Waals surface area contributed by atoms with Crippen molar-refractivity contribution in [1.29, 1.82) is 0 Å². The quantitative estimate of drug-likeness (QED) is 0.609. The maximum absolute atomic E-state index is 13.5. The van der Waals surface area contributed by atoms with Crippen molar-refractivity contribution in [3.05, 3.63) is 58.6 Å². The Hall–Kier alpha value is -2.56. The summed E-state index contributed by atoms with van der Waals surface area (Å²) < 4.78 is 58.1. The van der Waals surface area contributed by atoms with Crippen molar-refractivity contribution in [2.45, 2.75) is 18.7 Å². The Labute approximate surface area is 177 Å². The molecule has 0 aliphatic carbocycles. The van der Waals surface area contributed by atoms with E-state index in [2.05, 4.69) is 5.32 Å². The third-order valence-electron chi connectivity index (χ3n) is 4.03. The highest BCUT2D eigenvalue weighted by molar-refractivity contribution is 7.89. The van der Waals surface area contributed by atoms with Crippen LogP contribution < -0.4 is 5.32 Å².